The minimum absolute atomic E-state index is 0.00365. The summed E-state index contributed by atoms with van der Waals surface area (Å²) >= 11 is 0. The zero-order valence-corrected chi connectivity index (χ0v) is 15.4. The molecule has 1 N–H and O–H groups in total. The molecule has 10 heteroatoms. The van der Waals surface area contributed by atoms with Crippen LogP contribution in [0.4, 0.5) is 42.0 Å². The van der Waals surface area contributed by atoms with E-state index < -0.39 is 16.7 Å². The quantitative estimate of drug-likeness (QED) is 0.464. The highest BCUT2D eigenvalue weighted by molar-refractivity contribution is 5.66. The fraction of sp³-hybridized carbons (Fsp3) is 0.158. The predicted octanol–water partition coefficient (Wildman–Crippen LogP) is 5.22. The van der Waals surface area contributed by atoms with Crippen LogP contribution in [0.1, 0.15) is 11.1 Å². The summed E-state index contributed by atoms with van der Waals surface area (Å²) in [6.07, 6.45) is -3.96. The molecule has 29 heavy (non-hydrogen) atoms. The van der Waals surface area contributed by atoms with Gasteiger partial charge in [0.15, 0.2) is 5.82 Å². The lowest BCUT2D eigenvalue weighted by molar-refractivity contribution is -0.384. The summed E-state index contributed by atoms with van der Waals surface area (Å²) in [5.41, 5.74) is 0.663. The van der Waals surface area contributed by atoms with Gasteiger partial charge in [-0.05, 0) is 30.7 Å². The van der Waals surface area contributed by atoms with Crippen LogP contribution in [0.2, 0.25) is 0 Å². The topological polar surface area (TPSA) is 84.2 Å². The second-order valence-electron chi connectivity index (χ2n) is 6.20. The molecule has 0 radical (unpaired) electrons. The number of aryl methyl sites for hydroxylation is 1. The van der Waals surface area contributed by atoms with Crippen LogP contribution in [0.25, 0.3) is 0 Å². The number of hydrogen-bond donors (Lipinski definition) is 1. The maximum absolute atomic E-state index is 13.5. The van der Waals surface area contributed by atoms with E-state index in [1.807, 2.05) is 19.1 Å². The van der Waals surface area contributed by atoms with Gasteiger partial charge in [-0.1, -0.05) is 18.2 Å². The Kier molecular flexibility index (Phi) is 5.35. The highest BCUT2D eigenvalue weighted by Crippen LogP contribution is 2.38. The minimum atomic E-state index is -4.68. The molecule has 1 aromatic heterocycles. The molecule has 0 bridgehead atoms. The molecule has 3 rings (SSSR count). The number of non-ortho nitro benzene ring substituents is 1. The molecule has 150 valence electrons. The third kappa shape index (κ3) is 4.42. The Bertz CT molecular complexity index is 1040. The summed E-state index contributed by atoms with van der Waals surface area (Å²) < 4.78 is 40.5. The summed E-state index contributed by atoms with van der Waals surface area (Å²) in [7, 11) is 1.40. The Labute approximate surface area is 164 Å². The largest absolute Gasteiger partial charge is 0.421 e. The zero-order valence-electron chi connectivity index (χ0n) is 15.4. The standard InChI is InChI=1S/C19H16F3N5O2/c1-12-5-3-4-6-16(12)24-18-23-11-15(19(20,21)22)17(25-18)26(2)13-7-9-14(10-8-13)27(28)29/h3-11H,1-2H3,(H,23,24,25). The first kappa shape index (κ1) is 20.1. The van der Waals surface area contributed by atoms with Gasteiger partial charge in [0.25, 0.3) is 5.69 Å². The number of nitro benzene ring substituents is 1. The SMILES string of the molecule is Cc1ccccc1Nc1ncc(C(F)(F)F)c(N(C)c2ccc([N+](=O)[O-])cc2)n1. The Morgan fingerprint density at radius 2 is 1.76 bits per heavy atom. The molecule has 0 aliphatic carbocycles. The van der Waals surface area contributed by atoms with Crippen LogP contribution < -0.4 is 10.2 Å². The van der Waals surface area contributed by atoms with Crippen LogP contribution in [0.15, 0.2) is 54.7 Å². The zero-order chi connectivity index (χ0) is 21.2. The number of benzene rings is 2. The highest BCUT2D eigenvalue weighted by atomic mass is 19.4. The molecule has 3 aromatic rings. The van der Waals surface area contributed by atoms with E-state index in [4.69, 9.17) is 0 Å². The summed E-state index contributed by atoms with van der Waals surface area (Å²) in [4.78, 5) is 19.3. The first-order valence-electron chi connectivity index (χ1n) is 8.42. The Morgan fingerprint density at radius 1 is 1.10 bits per heavy atom. The van der Waals surface area contributed by atoms with Gasteiger partial charge < -0.3 is 10.2 Å². The van der Waals surface area contributed by atoms with Crippen LogP contribution in [0.3, 0.4) is 0 Å². The molecular formula is C19H16F3N5O2. The van der Waals surface area contributed by atoms with Gasteiger partial charge in [-0.2, -0.15) is 18.2 Å². The van der Waals surface area contributed by atoms with Gasteiger partial charge in [0.05, 0.1) is 4.92 Å². The molecule has 0 fully saturated rings. The lowest BCUT2D eigenvalue weighted by Gasteiger charge is -2.23. The van der Waals surface area contributed by atoms with Crippen LogP contribution in [-0.4, -0.2) is 21.9 Å². The molecule has 0 unspecified atom stereocenters. The number of rotatable bonds is 5. The van der Waals surface area contributed by atoms with E-state index in [1.165, 1.54) is 36.2 Å². The Hall–Kier alpha value is -3.69. The second-order valence-corrected chi connectivity index (χ2v) is 6.20. The van der Waals surface area contributed by atoms with E-state index in [0.717, 1.165) is 5.56 Å². The van der Waals surface area contributed by atoms with Gasteiger partial charge in [-0.25, -0.2) is 4.98 Å². The van der Waals surface area contributed by atoms with Crippen molar-refractivity contribution in [3.8, 4) is 0 Å². The van der Waals surface area contributed by atoms with Crippen LogP contribution in [-0.2, 0) is 6.18 Å². The summed E-state index contributed by atoms with van der Waals surface area (Å²) in [5, 5.41) is 13.7. The van der Waals surface area contributed by atoms with E-state index in [0.29, 0.717) is 17.6 Å². The normalized spacial score (nSPS) is 11.2. The van der Waals surface area contributed by atoms with Crippen molar-refractivity contribution in [1.29, 1.82) is 0 Å². The van der Waals surface area contributed by atoms with Crippen molar-refractivity contribution in [3.63, 3.8) is 0 Å². The van der Waals surface area contributed by atoms with Crippen LogP contribution in [0.5, 0.6) is 0 Å². The fourth-order valence-electron chi connectivity index (χ4n) is 2.64. The maximum Gasteiger partial charge on any atom is 0.421 e. The molecule has 0 amide bonds. The van der Waals surface area contributed by atoms with Crippen LogP contribution >= 0.6 is 0 Å². The van der Waals surface area contributed by atoms with Gasteiger partial charge in [-0.3, -0.25) is 10.1 Å². The molecule has 1 heterocycles. The third-order valence-electron chi connectivity index (χ3n) is 4.23. The number of aromatic nitrogens is 2. The summed E-state index contributed by atoms with van der Waals surface area (Å²) in [5.74, 6) is -0.381. The lowest BCUT2D eigenvalue weighted by Crippen LogP contribution is -2.19. The molecule has 0 saturated carbocycles. The van der Waals surface area contributed by atoms with E-state index in [1.54, 1.807) is 12.1 Å². The number of nitrogens with one attached hydrogen (secondary N) is 1. The minimum Gasteiger partial charge on any atom is -0.329 e. The van der Waals surface area contributed by atoms with Crippen LogP contribution in [0, 0.1) is 17.0 Å². The first-order chi connectivity index (χ1) is 13.7. The van der Waals surface area contributed by atoms with Crippen molar-refractivity contribution in [2.45, 2.75) is 13.1 Å². The smallest absolute Gasteiger partial charge is 0.329 e. The molecule has 7 nitrogen and oxygen atoms in total. The molecule has 0 saturated heterocycles. The van der Waals surface area contributed by atoms with Crippen molar-refractivity contribution in [2.75, 3.05) is 17.3 Å². The predicted molar refractivity (Wildman–Crippen MR) is 103 cm³/mol. The van der Waals surface area contributed by atoms with Crippen molar-refractivity contribution in [3.05, 3.63) is 76.0 Å². The number of anilines is 4. The Morgan fingerprint density at radius 3 is 2.34 bits per heavy atom. The average Bonchev–Trinajstić information content (AvgIpc) is 2.68. The highest BCUT2D eigenvalue weighted by Gasteiger charge is 2.36. The first-order valence-corrected chi connectivity index (χ1v) is 8.42. The Balaban J connectivity index is 2.02. The van der Waals surface area contributed by atoms with E-state index >= 15 is 0 Å². The second kappa shape index (κ2) is 7.74. The summed E-state index contributed by atoms with van der Waals surface area (Å²) in [6.45, 7) is 1.84. The van der Waals surface area contributed by atoms with Gasteiger partial charge in [0.2, 0.25) is 5.95 Å². The summed E-state index contributed by atoms with van der Waals surface area (Å²) in [6, 6.07) is 12.4. The number of para-hydroxylation sites is 1. The number of nitrogens with zero attached hydrogens (tertiary/aromatic N) is 4. The number of hydrogen-bond acceptors (Lipinski definition) is 6. The van der Waals surface area contributed by atoms with E-state index in [-0.39, 0.29) is 17.5 Å². The number of alkyl halides is 3. The fourth-order valence-corrected chi connectivity index (χ4v) is 2.64. The molecule has 0 atom stereocenters. The molecule has 2 aromatic carbocycles. The van der Waals surface area contributed by atoms with E-state index in [2.05, 4.69) is 15.3 Å². The van der Waals surface area contributed by atoms with Crippen molar-refractivity contribution in [1.82, 2.24) is 9.97 Å². The number of nitro groups is 1. The monoisotopic (exact) mass is 403 g/mol. The van der Waals surface area contributed by atoms with Gasteiger partial charge in [0, 0.05) is 36.8 Å². The molecule has 0 aliphatic rings. The van der Waals surface area contributed by atoms with Gasteiger partial charge in [0.1, 0.15) is 5.56 Å². The molecular weight excluding hydrogens is 387 g/mol. The van der Waals surface area contributed by atoms with E-state index in [9.17, 15) is 23.3 Å². The van der Waals surface area contributed by atoms with Crippen molar-refractivity contribution < 1.29 is 18.1 Å². The maximum atomic E-state index is 13.5. The molecule has 0 aliphatic heterocycles. The van der Waals surface area contributed by atoms with Crippen molar-refractivity contribution >= 4 is 28.8 Å². The lowest BCUT2D eigenvalue weighted by atomic mass is 10.2. The van der Waals surface area contributed by atoms with Gasteiger partial charge in [-0.15, -0.1) is 0 Å². The van der Waals surface area contributed by atoms with Gasteiger partial charge >= 0.3 is 6.18 Å². The number of halogens is 3. The van der Waals surface area contributed by atoms with Crippen molar-refractivity contribution in [2.24, 2.45) is 0 Å². The average molecular weight is 403 g/mol. The molecule has 0 spiro atoms. The third-order valence-corrected chi connectivity index (χ3v) is 4.23.